The summed E-state index contributed by atoms with van der Waals surface area (Å²) in [7, 11) is 0. The summed E-state index contributed by atoms with van der Waals surface area (Å²) in [6.07, 6.45) is 0. The molecule has 0 bridgehead atoms. The van der Waals surface area contributed by atoms with Crippen LogP contribution in [-0.4, -0.2) is 0 Å². The van der Waals surface area contributed by atoms with Crippen LogP contribution in [-0.2, 0) is 0 Å². The van der Waals surface area contributed by atoms with Crippen LogP contribution >= 0.6 is 0 Å². The van der Waals surface area contributed by atoms with Crippen molar-refractivity contribution in [3.8, 4) is 22.6 Å². The van der Waals surface area contributed by atoms with Crippen LogP contribution in [0.1, 0.15) is 0 Å². The van der Waals surface area contributed by atoms with E-state index in [9.17, 15) is 0 Å². The highest BCUT2D eigenvalue weighted by molar-refractivity contribution is 6.05. The lowest BCUT2D eigenvalue weighted by molar-refractivity contribution is 0.483. The van der Waals surface area contributed by atoms with E-state index in [0.717, 1.165) is 17.1 Å². The van der Waals surface area contributed by atoms with Crippen molar-refractivity contribution < 1.29 is 4.74 Å². The predicted molar refractivity (Wildman–Crippen MR) is 118 cm³/mol. The minimum atomic E-state index is 0.689. The lowest BCUT2D eigenvalue weighted by atomic mass is 9.95. The van der Waals surface area contributed by atoms with Gasteiger partial charge in [-0.05, 0) is 69.1 Å². The second-order valence-corrected chi connectivity index (χ2v) is 6.93. The Hall–Kier alpha value is -3.78. The molecule has 134 valence electrons. The Labute approximate surface area is 163 Å². The summed E-state index contributed by atoms with van der Waals surface area (Å²) in [5, 5.41) is 4.97. The van der Waals surface area contributed by atoms with E-state index >= 15 is 0 Å². The number of hydrogen-bond donors (Lipinski definition) is 1. The van der Waals surface area contributed by atoms with Crippen LogP contribution in [0.25, 0.3) is 32.7 Å². The Kier molecular flexibility index (Phi) is 3.95. The van der Waals surface area contributed by atoms with Gasteiger partial charge in [-0.25, -0.2) is 0 Å². The fraction of sp³-hybridized carbons (Fsp3) is 0. The quantitative estimate of drug-likeness (QED) is 0.276. The molecule has 0 amide bonds. The van der Waals surface area contributed by atoms with E-state index in [0.29, 0.717) is 5.69 Å². The first kappa shape index (κ1) is 16.4. The largest absolute Gasteiger partial charge is 0.457 e. The SMILES string of the molecule is Nc1cccc(Oc2cccc(-c3cccc4cc5ccccc5cc34)c2)c1. The Morgan fingerprint density at radius 1 is 0.536 bits per heavy atom. The maximum Gasteiger partial charge on any atom is 0.129 e. The fourth-order valence-electron chi connectivity index (χ4n) is 3.66. The highest BCUT2D eigenvalue weighted by atomic mass is 16.5. The number of anilines is 1. The topological polar surface area (TPSA) is 35.2 Å². The molecule has 0 spiro atoms. The minimum Gasteiger partial charge on any atom is -0.457 e. The standard InChI is InChI=1S/C26H19NO/c27-22-10-5-12-24(17-22)28-23-11-3-8-21(15-23)25-13-4-9-20-14-18-6-1-2-7-19(18)16-26(20)25/h1-17H,27H2. The third-order valence-electron chi connectivity index (χ3n) is 4.99. The molecule has 5 rings (SSSR count). The van der Waals surface area contributed by atoms with Gasteiger partial charge in [0, 0.05) is 11.8 Å². The molecule has 0 fully saturated rings. The molecule has 5 aromatic carbocycles. The van der Waals surface area contributed by atoms with E-state index in [1.165, 1.54) is 27.1 Å². The van der Waals surface area contributed by atoms with E-state index in [-0.39, 0.29) is 0 Å². The molecule has 0 atom stereocenters. The van der Waals surface area contributed by atoms with Crippen molar-refractivity contribution in [3.63, 3.8) is 0 Å². The second-order valence-electron chi connectivity index (χ2n) is 6.93. The maximum absolute atomic E-state index is 6.02. The molecular formula is C26H19NO. The fourth-order valence-corrected chi connectivity index (χ4v) is 3.66. The first-order chi connectivity index (χ1) is 13.8. The van der Waals surface area contributed by atoms with Gasteiger partial charge < -0.3 is 10.5 Å². The van der Waals surface area contributed by atoms with Gasteiger partial charge in [0.15, 0.2) is 0 Å². The zero-order chi connectivity index (χ0) is 18.9. The summed E-state index contributed by atoms with van der Waals surface area (Å²) < 4.78 is 6.02. The third kappa shape index (κ3) is 3.06. The van der Waals surface area contributed by atoms with Gasteiger partial charge in [0.1, 0.15) is 11.5 Å². The number of benzene rings is 5. The van der Waals surface area contributed by atoms with Crippen molar-refractivity contribution >= 4 is 27.2 Å². The number of ether oxygens (including phenoxy) is 1. The number of hydrogen-bond acceptors (Lipinski definition) is 2. The summed E-state index contributed by atoms with van der Waals surface area (Å²) in [5.41, 5.74) is 8.87. The monoisotopic (exact) mass is 361 g/mol. The van der Waals surface area contributed by atoms with Crippen LogP contribution < -0.4 is 10.5 Å². The molecular weight excluding hydrogens is 342 g/mol. The van der Waals surface area contributed by atoms with Gasteiger partial charge in [-0.3, -0.25) is 0 Å². The Balaban J connectivity index is 1.61. The van der Waals surface area contributed by atoms with Crippen LogP contribution in [0.15, 0.2) is 103 Å². The van der Waals surface area contributed by atoms with Gasteiger partial charge in [-0.2, -0.15) is 0 Å². The molecule has 0 aliphatic heterocycles. The van der Waals surface area contributed by atoms with Crippen molar-refractivity contribution in [2.75, 3.05) is 5.73 Å². The number of rotatable bonds is 3. The predicted octanol–water partition coefficient (Wildman–Crippen LogP) is 7.03. The molecule has 0 heterocycles. The molecule has 5 aromatic rings. The highest BCUT2D eigenvalue weighted by Crippen LogP contribution is 2.34. The minimum absolute atomic E-state index is 0.689. The van der Waals surface area contributed by atoms with Crippen LogP contribution in [0.3, 0.4) is 0 Å². The Morgan fingerprint density at radius 2 is 1.21 bits per heavy atom. The van der Waals surface area contributed by atoms with Crippen LogP contribution in [0.2, 0.25) is 0 Å². The van der Waals surface area contributed by atoms with E-state index in [1.807, 2.05) is 36.4 Å². The van der Waals surface area contributed by atoms with Gasteiger partial charge in [-0.15, -0.1) is 0 Å². The average molecular weight is 361 g/mol. The normalized spacial score (nSPS) is 11.0. The second kappa shape index (κ2) is 6.75. The maximum atomic E-state index is 6.02. The summed E-state index contributed by atoms with van der Waals surface area (Å²) in [5.74, 6) is 1.53. The van der Waals surface area contributed by atoms with E-state index in [1.54, 1.807) is 0 Å². The van der Waals surface area contributed by atoms with Crippen molar-refractivity contribution in [2.45, 2.75) is 0 Å². The first-order valence-corrected chi connectivity index (χ1v) is 9.32. The van der Waals surface area contributed by atoms with Crippen molar-refractivity contribution in [1.29, 1.82) is 0 Å². The summed E-state index contributed by atoms with van der Waals surface area (Å²) in [6.45, 7) is 0. The Bertz CT molecular complexity index is 1310. The van der Waals surface area contributed by atoms with Crippen LogP contribution in [0.4, 0.5) is 5.69 Å². The molecule has 0 saturated carbocycles. The molecule has 2 heteroatoms. The van der Waals surface area contributed by atoms with Gasteiger partial charge in [0.05, 0.1) is 0 Å². The number of fused-ring (bicyclic) bond motifs is 2. The molecule has 0 radical (unpaired) electrons. The zero-order valence-electron chi connectivity index (χ0n) is 15.3. The van der Waals surface area contributed by atoms with Gasteiger partial charge in [0.25, 0.3) is 0 Å². The summed E-state index contributed by atoms with van der Waals surface area (Å²) in [6, 6.07) is 35.1. The molecule has 2 nitrogen and oxygen atoms in total. The van der Waals surface area contributed by atoms with Crippen molar-refractivity contribution in [2.24, 2.45) is 0 Å². The van der Waals surface area contributed by atoms with Gasteiger partial charge in [-0.1, -0.05) is 60.7 Å². The van der Waals surface area contributed by atoms with Crippen LogP contribution in [0, 0.1) is 0 Å². The molecule has 0 aliphatic carbocycles. The van der Waals surface area contributed by atoms with E-state index in [2.05, 4.69) is 66.7 Å². The molecule has 0 aromatic heterocycles. The van der Waals surface area contributed by atoms with E-state index in [4.69, 9.17) is 10.5 Å². The smallest absolute Gasteiger partial charge is 0.129 e. The van der Waals surface area contributed by atoms with Crippen molar-refractivity contribution in [3.05, 3.63) is 103 Å². The molecule has 2 N–H and O–H groups in total. The third-order valence-corrected chi connectivity index (χ3v) is 4.99. The lowest BCUT2D eigenvalue weighted by Gasteiger charge is -2.11. The molecule has 0 saturated heterocycles. The zero-order valence-corrected chi connectivity index (χ0v) is 15.3. The van der Waals surface area contributed by atoms with Gasteiger partial charge >= 0.3 is 0 Å². The Morgan fingerprint density at radius 3 is 2.04 bits per heavy atom. The molecule has 28 heavy (non-hydrogen) atoms. The van der Waals surface area contributed by atoms with E-state index < -0.39 is 0 Å². The summed E-state index contributed by atoms with van der Waals surface area (Å²) >= 11 is 0. The lowest BCUT2D eigenvalue weighted by Crippen LogP contribution is -1.88. The highest BCUT2D eigenvalue weighted by Gasteiger charge is 2.07. The first-order valence-electron chi connectivity index (χ1n) is 9.32. The molecule has 0 unspecified atom stereocenters. The number of nitrogens with two attached hydrogens (primary N) is 1. The van der Waals surface area contributed by atoms with Crippen LogP contribution in [0.5, 0.6) is 11.5 Å². The van der Waals surface area contributed by atoms with Gasteiger partial charge in [0.2, 0.25) is 0 Å². The van der Waals surface area contributed by atoms with Crippen molar-refractivity contribution in [1.82, 2.24) is 0 Å². The number of nitrogen functional groups attached to an aromatic ring is 1. The summed E-state index contributed by atoms with van der Waals surface area (Å²) in [4.78, 5) is 0. The molecule has 0 aliphatic rings. The average Bonchev–Trinajstić information content (AvgIpc) is 2.72.